The highest BCUT2D eigenvalue weighted by atomic mass is 32.2. The molecule has 0 bridgehead atoms. The molecule has 0 saturated carbocycles. The zero-order valence-electron chi connectivity index (χ0n) is 16.4. The van der Waals surface area contributed by atoms with E-state index in [1.807, 2.05) is 36.9 Å². The number of benzene rings is 2. The number of amides is 1. The van der Waals surface area contributed by atoms with Crippen LogP contribution in [0.1, 0.15) is 25.3 Å². The van der Waals surface area contributed by atoms with Gasteiger partial charge in [0, 0.05) is 37.0 Å². The van der Waals surface area contributed by atoms with Gasteiger partial charge in [0.05, 0.1) is 6.04 Å². The van der Waals surface area contributed by atoms with Crippen molar-refractivity contribution in [2.75, 3.05) is 30.8 Å². The fraction of sp³-hybridized carbons (Fsp3) is 0.435. The van der Waals surface area contributed by atoms with Crippen LogP contribution in [0, 0.1) is 0 Å². The third-order valence-corrected chi connectivity index (χ3v) is 6.48. The van der Waals surface area contributed by atoms with Crippen molar-refractivity contribution in [1.82, 2.24) is 4.90 Å². The maximum Gasteiger partial charge on any atom is 0.226 e. The SMILES string of the molecule is CCC(=O)N(c1ccccc1)C1CCN(CCc2ccccc2)CC1SC. The van der Waals surface area contributed by atoms with Crippen LogP contribution in [-0.4, -0.2) is 48.0 Å². The minimum Gasteiger partial charge on any atom is -0.308 e. The van der Waals surface area contributed by atoms with Gasteiger partial charge in [0.2, 0.25) is 5.91 Å². The van der Waals surface area contributed by atoms with Gasteiger partial charge in [0.15, 0.2) is 0 Å². The molecule has 2 unspecified atom stereocenters. The Morgan fingerprint density at radius 3 is 2.41 bits per heavy atom. The van der Waals surface area contributed by atoms with Crippen LogP contribution in [0.5, 0.6) is 0 Å². The molecule has 1 heterocycles. The first kappa shape index (κ1) is 20.0. The van der Waals surface area contributed by atoms with E-state index in [1.54, 1.807) is 0 Å². The summed E-state index contributed by atoms with van der Waals surface area (Å²) in [6, 6.07) is 21.1. The van der Waals surface area contributed by atoms with Crippen LogP contribution in [0.2, 0.25) is 0 Å². The standard InChI is InChI=1S/C23H30N2OS/c1-3-23(26)25(20-12-8-5-9-13-20)21-15-17-24(18-22(21)27-2)16-14-19-10-6-4-7-11-19/h4-13,21-22H,3,14-18H2,1-2H3. The first-order chi connectivity index (χ1) is 13.2. The second kappa shape index (κ2) is 9.95. The Labute approximate surface area is 167 Å². The number of hydrogen-bond donors (Lipinski definition) is 0. The summed E-state index contributed by atoms with van der Waals surface area (Å²) in [6.45, 7) is 5.14. The highest BCUT2D eigenvalue weighted by Crippen LogP contribution is 2.30. The van der Waals surface area contributed by atoms with Crippen molar-refractivity contribution < 1.29 is 4.79 Å². The minimum atomic E-state index is 0.225. The molecule has 2 aromatic carbocycles. The van der Waals surface area contributed by atoms with Crippen LogP contribution in [0.25, 0.3) is 0 Å². The Morgan fingerprint density at radius 2 is 1.78 bits per heavy atom. The number of carbonyl (C=O) groups is 1. The van der Waals surface area contributed by atoms with Crippen molar-refractivity contribution in [3.05, 3.63) is 66.2 Å². The van der Waals surface area contributed by atoms with Crippen molar-refractivity contribution in [2.45, 2.75) is 37.5 Å². The molecule has 3 nitrogen and oxygen atoms in total. The van der Waals surface area contributed by atoms with Gasteiger partial charge in [-0.2, -0.15) is 11.8 Å². The van der Waals surface area contributed by atoms with E-state index in [9.17, 15) is 4.79 Å². The van der Waals surface area contributed by atoms with Crippen molar-refractivity contribution >= 4 is 23.4 Å². The molecule has 0 aromatic heterocycles. The quantitative estimate of drug-likeness (QED) is 0.705. The highest BCUT2D eigenvalue weighted by molar-refractivity contribution is 7.99. The van der Waals surface area contributed by atoms with Crippen LogP contribution in [0.4, 0.5) is 5.69 Å². The first-order valence-corrected chi connectivity index (χ1v) is 11.2. The van der Waals surface area contributed by atoms with Gasteiger partial charge in [-0.25, -0.2) is 0 Å². The molecule has 0 spiro atoms. The topological polar surface area (TPSA) is 23.6 Å². The zero-order chi connectivity index (χ0) is 19.1. The largest absolute Gasteiger partial charge is 0.308 e. The van der Waals surface area contributed by atoms with E-state index in [1.165, 1.54) is 5.56 Å². The summed E-state index contributed by atoms with van der Waals surface area (Å²) in [5.74, 6) is 0.225. The third-order valence-electron chi connectivity index (χ3n) is 5.41. The molecule has 27 heavy (non-hydrogen) atoms. The molecule has 0 radical (unpaired) electrons. The minimum absolute atomic E-state index is 0.225. The number of nitrogens with zero attached hydrogens (tertiary/aromatic N) is 2. The molecule has 1 aliphatic heterocycles. The molecule has 4 heteroatoms. The molecule has 2 atom stereocenters. The van der Waals surface area contributed by atoms with Crippen LogP contribution in [0.3, 0.4) is 0 Å². The van der Waals surface area contributed by atoms with Crippen molar-refractivity contribution in [1.29, 1.82) is 0 Å². The second-order valence-electron chi connectivity index (χ2n) is 7.12. The van der Waals surface area contributed by atoms with Crippen LogP contribution >= 0.6 is 11.8 Å². The molecule has 2 aromatic rings. The Bertz CT molecular complexity index is 707. The first-order valence-electron chi connectivity index (χ1n) is 9.89. The smallest absolute Gasteiger partial charge is 0.226 e. The third kappa shape index (κ3) is 5.14. The molecular weight excluding hydrogens is 352 g/mol. The molecule has 0 N–H and O–H groups in total. The lowest BCUT2D eigenvalue weighted by molar-refractivity contribution is -0.119. The number of thioether (sulfide) groups is 1. The van der Waals surface area contributed by atoms with Gasteiger partial charge in [0.25, 0.3) is 0 Å². The van der Waals surface area contributed by atoms with E-state index in [2.05, 4.69) is 58.5 Å². The molecule has 144 valence electrons. The number of rotatable bonds is 7. The van der Waals surface area contributed by atoms with Gasteiger partial charge in [-0.1, -0.05) is 55.5 Å². The molecule has 1 amide bonds. The van der Waals surface area contributed by atoms with Gasteiger partial charge < -0.3 is 9.80 Å². The van der Waals surface area contributed by atoms with Gasteiger partial charge in [-0.05, 0) is 36.8 Å². The predicted molar refractivity (Wildman–Crippen MR) is 117 cm³/mol. The summed E-state index contributed by atoms with van der Waals surface area (Å²) in [7, 11) is 0. The second-order valence-corrected chi connectivity index (χ2v) is 8.20. The van der Waals surface area contributed by atoms with Crippen molar-refractivity contribution in [3.63, 3.8) is 0 Å². The van der Waals surface area contributed by atoms with Gasteiger partial charge >= 0.3 is 0 Å². The van der Waals surface area contributed by atoms with Crippen LogP contribution in [-0.2, 0) is 11.2 Å². The number of piperidine rings is 1. The molecule has 3 rings (SSSR count). The van der Waals surface area contributed by atoms with Crippen molar-refractivity contribution in [2.24, 2.45) is 0 Å². The average molecular weight is 383 g/mol. The van der Waals surface area contributed by atoms with Crippen molar-refractivity contribution in [3.8, 4) is 0 Å². The highest BCUT2D eigenvalue weighted by Gasteiger charge is 2.35. The fourth-order valence-electron chi connectivity index (χ4n) is 3.91. The fourth-order valence-corrected chi connectivity index (χ4v) is 4.84. The normalized spacial score (nSPS) is 20.4. The Hall–Kier alpha value is -1.78. The average Bonchev–Trinajstić information content (AvgIpc) is 2.74. The number of anilines is 1. The lowest BCUT2D eigenvalue weighted by atomic mass is 10.00. The predicted octanol–water partition coefficient (Wildman–Crippen LogP) is 4.48. The van der Waals surface area contributed by atoms with E-state index in [0.717, 1.165) is 38.2 Å². The summed E-state index contributed by atoms with van der Waals surface area (Å²) in [5, 5.41) is 0.435. The van der Waals surface area contributed by atoms with Crippen LogP contribution in [0.15, 0.2) is 60.7 Å². The summed E-state index contributed by atoms with van der Waals surface area (Å²) >= 11 is 1.89. The summed E-state index contributed by atoms with van der Waals surface area (Å²) < 4.78 is 0. The molecular formula is C23H30N2OS. The molecule has 1 aliphatic rings. The molecule has 1 saturated heterocycles. The number of para-hydroxylation sites is 1. The zero-order valence-corrected chi connectivity index (χ0v) is 17.2. The maximum atomic E-state index is 12.8. The van der Waals surface area contributed by atoms with E-state index in [-0.39, 0.29) is 11.9 Å². The van der Waals surface area contributed by atoms with Gasteiger partial charge in [-0.3, -0.25) is 4.79 Å². The monoisotopic (exact) mass is 382 g/mol. The van der Waals surface area contributed by atoms with E-state index >= 15 is 0 Å². The number of carbonyl (C=O) groups excluding carboxylic acids is 1. The van der Waals surface area contributed by atoms with Gasteiger partial charge in [-0.15, -0.1) is 0 Å². The Kier molecular flexibility index (Phi) is 7.36. The van der Waals surface area contributed by atoms with E-state index < -0.39 is 0 Å². The Morgan fingerprint density at radius 1 is 1.11 bits per heavy atom. The summed E-state index contributed by atoms with van der Waals surface area (Å²) in [6.07, 6.45) is 4.84. The lowest BCUT2D eigenvalue weighted by Gasteiger charge is -2.43. The number of hydrogen-bond acceptors (Lipinski definition) is 3. The maximum absolute atomic E-state index is 12.8. The molecule has 1 fully saturated rings. The number of likely N-dealkylation sites (tertiary alicyclic amines) is 1. The van der Waals surface area contributed by atoms with Gasteiger partial charge in [0.1, 0.15) is 0 Å². The summed E-state index contributed by atoms with van der Waals surface area (Å²) in [4.78, 5) is 17.4. The van der Waals surface area contributed by atoms with E-state index in [4.69, 9.17) is 0 Å². The summed E-state index contributed by atoms with van der Waals surface area (Å²) in [5.41, 5.74) is 2.43. The Balaban J connectivity index is 1.68. The van der Waals surface area contributed by atoms with Crippen LogP contribution < -0.4 is 4.90 Å². The lowest BCUT2D eigenvalue weighted by Crippen LogP contribution is -2.55. The van der Waals surface area contributed by atoms with E-state index in [0.29, 0.717) is 11.7 Å². The molecule has 0 aliphatic carbocycles.